The lowest BCUT2D eigenvalue weighted by Gasteiger charge is -2.31. The number of aromatic nitrogens is 2. The van der Waals surface area contributed by atoms with E-state index in [0.29, 0.717) is 0 Å². The molecule has 1 fully saturated rings. The summed E-state index contributed by atoms with van der Waals surface area (Å²) >= 11 is 1.95. The second-order valence-electron chi connectivity index (χ2n) is 9.10. The van der Waals surface area contributed by atoms with Gasteiger partial charge in [0.1, 0.15) is 5.65 Å². The predicted octanol–water partition coefficient (Wildman–Crippen LogP) is 6.22. The molecule has 1 amide bonds. The summed E-state index contributed by atoms with van der Waals surface area (Å²) in [5.41, 5.74) is 6.97. The lowest BCUT2D eigenvalue weighted by atomic mass is 9.93. The lowest BCUT2D eigenvalue weighted by molar-refractivity contribution is 0.0651. The second kappa shape index (κ2) is 8.38. The van der Waals surface area contributed by atoms with E-state index < -0.39 is 6.09 Å². The van der Waals surface area contributed by atoms with E-state index in [4.69, 9.17) is 0 Å². The van der Waals surface area contributed by atoms with Crippen molar-refractivity contribution in [3.63, 3.8) is 0 Å². The molecule has 4 nitrogen and oxygen atoms in total. The summed E-state index contributed by atoms with van der Waals surface area (Å²) < 4.78 is 0. The zero-order valence-electron chi connectivity index (χ0n) is 19.7. The van der Waals surface area contributed by atoms with Crippen LogP contribution in [0.5, 0.6) is 0 Å². The smallest absolute Gasteiger partial charge is 0.254 e. The summed E-state index contributed by atoms with van der Waals surface area (Å²) in [6.45, 7) is 10.3. The van der Waals surface area contributed by atoms with Crippen LogP contribution >= 0.6 is 17.5 Å². The van der Waals surface area contributed by atoms with Gasteiger partial charge in [-0.1, -0.05) is 31.4 Å². The highest BCUT2D eigenvalue weighted by molar-refractivity contribution is 8.63. The average molecular weight is 476 g/mol. The lowest BCUT2D eigenvalue weighted by Crippen LogP contribution is -2.42. The number of carbonyl (C=O) groups is 1. The largest absolute Gasteiger partial charge is 0.339 e. The fourth-order valence-electron chi connectivity index (χ4n) is 4.66. The SMILES string of the molecule is C=P(C)(SCC)c1cccc(-c2cc(C(=O)N3CCC3)c(C)c3[nH]c4ncc(C)cc4c23)c1. The number of pyridine rings is 1. The minimum atomic E-state index is -1.52. The van der Waals surface area contributed by atoms with Crippen LogP contribution in [0, 0.1) is 13.8 Å². The normalized spacial score (nSPS) is 15.6. The van der Waals surface area contributed by atoms with Gasteiger partial charge >= 0.3 is 0 Å². The van der Waals surface area contributed by atoms with Crippen molar-refractivity contribution in [1.29, 1.82) is 0 Å². The van der Waals surface area contributed by atoms with E-state index in [1.165, 1.54) is 5.30 Å². The van der Waals surface area contributed by atoms with Crippen molar-refractivity contribution in [1.82, 2.24) is 14.9 Å². The van der Waals surface area contributed by atoms with E-state index in [1.54, 1.807) is 0 Å². The van der Waals surface area contributed by atoms with Gasteiger partial charge in [0, 0.05) is 35.6 Å². The molecule has 2 aromatic carbocycles. The van der Waals surface area contributed by atoms with Gasteiger partial charge in [-0.15, -0.1) is 11.4 Å². The van der Waals surface area contributed by atoms with Gasteiger partial charge in [-0.25, -0.2) is 4.98 Å². The van der Waals surface area contributed by atoms with Crippen LogP contribution in [0.25, 0.3) is 33.1 Å². The Morgan fingerprint density at radius 2 is 2.03 bits per heavy atom. The number of nitrogens with zero attached hydrogens (tertiary/aromatic N) is 2. The second-order valence-corrected chi connectivity index (χ2v) is 15.8. The van der Waals surface area contributed by atoms with Gasteiger partial charge in [0.15, 0.2) is 0 Å². The summed E-state index contributed by atoms with van der Waals surface area (Å²) in [5, 5.41) is 3.54. The third kappa shape index (κ3) is 3.82. The molecule has 3 heterocycles. The van der Waals surface area contributed by atoms with E-state index in [1.807, 2.05) is 29.4 Å². The number of H-pyrrole nitrogens is 1. The number of benzene rings is 2. The van der Waals surface area contributed by atoms with Crippen molar-refractivity contribution in [2.75, 3.05) is 25.5 Å². The van der Waals surface area contributed by atoms with Gasteiger partial charge in [0.2, 0.25) is 0 Å². The fourth-order valence-corrected chi connectivity index (χ4v) is 8.69. The zero-order valence-corrected chi connectivity index (χ0v) is 21.4. The van der Waals surface area contributed by atoms with Crippen molar-refractivity contribution in [2.45, 2.75) is 27.2 Å². The third-order valence-corrected chi connectivity index (χ3v) is 11.9. The highest BCUT2D eigenvalue weighted by Crippen LogP contribution is 2.53. The van der Waals surface area contributed by atoms with Gasteiger partial charge in [-0.2, -0.15) is 0 Å². The Morgan fingerprint density at radius 3 is 2.73 bits per heavy atom. The Hall–Kier alpha value is -2.49. The molecule has 0 bridgehead atoms. The van der Waals surface area contributed by atoms with Crippen LogP contribution in [0.1, 0.15) is 34.8 Å². The molecule has 1 aliphatic rings. The first-order valence-electron chi connectivity index (χ1n) is 11.5. The molecule has 6 heteroatoms. The number of rotatable bonds is 5. The summed E-state index contributed by atoms with van der Waals surface area (Å²) in [6, 6.07) is 13.1. The number of nitrogens with one attached hydrogen (secondary N) is 1. The topological polar surface area (TPSA) is 49.0 Å². The standard InChI is InChI=1S/C27H30N3OPS/c1-6-33-32(4,5)20-10-7-9-19(14-20)22-15-21(27(31)30-11-8-12-30)18(3)25-24(22)23-13-17(2)16-28-26(23)29-25/h7,9-10,13-16H,4,6,8,11-12H2,1-3,5H3,(H,28,29). The molecule has 1 N–H and O–H groups in total. The van der Waals surface area contributed by atoms with Crippen molar-refractivity contribution in [3.8, 4) is 11.1 Å². The Kier molecular flexibility index (Phi) is 5.66. The first-order valence-corrected chi connectivity index (χ1v) is 15.5. The minimum Gasteiger partial charge on any atom is -0.339 e. The fraction of sp³-hybridized carbons (Fsp3) is 0.296. The number of hydrogen-bond acceptors (Lipinski definition) is 3. The van der Waals surface area contributed by atoms with E-state index >= 15 is 0 Å². The molecule has 5 rings (SSSR count). The maximum absolute atomic E-state index is 13.3. The van der Waals surface area contributed by atoms with Gasteiger partial charge in [0.05, 0.1) is 5.52 Å². The Labute approximate surface area is 199 Å². The first kappa shape index (κ1) is 22.3. The van der Waals surface area contributed by atoms with Crippen LogP contribution < -0.4 is 5.30 Å². The molecule has 1 aliphatic heterocycles. The molecule has 33 heavy (non-hydrogen) atoms. The van der Waals surface area contributed by atoms with Crippen molar-refractivity contribution < 1.29 is 4.79 Å². The van der Waals surface area contributed by atoms with Crippen LogP contribution in [0.3, 0.4) is 0 Å². The summed E-state index contributed by atoms with van der Waals surface area (Å²) in [4.78, 5) is 23.5. The number of aromatic amines is 1. The molecule has 1 unspecified atom stereocenters. The molecule has 1 atom stereocenters. The maximum atomic E-state index is 13.3. The van der Waals surface area contributed by atoms with E-state index in [0.717, 1.165) is 75.0 Å². The monoisotopic (exact) mass is 475 g/mol. The van der Waals surface area contributed by atoms with Crippen molar-refractivity contribution in [3.05, 3.63) is 59.3 Å². The molecule has 0 spiro atoms. The molecule has 170 valence electrons. The number of likely N-dealkylation sites (tertiary alicyclic amines) is 1. The Morgan fingerprint density at radius 1 is 1.24 bits per heavy atom. The average Bonchev–Trinajstić information content (AvgIpc) is 3.12. The zero-order chi connectivity index (χ0) is 23.3. The number of amides is 1. The number of fused-ring (bicyclic) bond motifs is 3. The van der Waals surface area contributed by atoms with E-state index in [-0.39, 0.29) is 5.91 Å². The van der Waals surface area contributed by atoms with Crippen molar-refractivity contribution in [2.24, 2.45) is 0 Å². The molecule has 2 aromatic heterocycles. The van der Waals surface area contributed by atoms with Crippen LogP contribution in [-0.2, 0) is 0 Å². The summed E-state index contributed by atoms with van der Waals surface area (Å²) in [6.07, 6.45) is 6.02. The molecule has 4 aromatic rings. The van der Waals surface area contributed by atoms with Gasteiger partial charge in [-0.3, -0.25) is 4.79 Å². The quantitative estimate of drug-likeness (QED) is 0.349. The molecule has 0 saturated carbocycles. The van der Waals surface area contributed by atoms with Crippen LogP contribution in [0.15, 0.2) is 42.6 Å². The van der Waals surface area contributed by atoms with Gasteiger partial charge < -0.3 is 9.88 Å². The summed E-state index contributed by atoms with van der Waals surface area (Å²) in [5.74, 6) is 1.17. The predicted molar refractivity (Wildman–Crippen MR) is 147 cm³/mol. The van der Waals surface area contributed by atoms with Gasteiger partial charge in [0.25, 0.3) is 5.91 Å². The Balaban J connectivity index is 1.81. The highest BCUT2D eigenvalue weighted by atomic mass is 32.7. The van der Waals surface area contributed by atoms with Gasteiger partial charge in [-0.05, 0) is 84.5 Å². The maximum Gasteiger partial charge on any atom is 0.254 e. The van der Waals surface area contributed by atoms with E-state index in [9.17, 15) is 4.79 Å². The number of aryl methyl sites for hydroxylation is 2. The van der Waals surface area contributed by atoms with E-state index in [2.05, 4.69) is 73.2 Å². The minimum absolute atomic E-state index is 0.122. The molecule has 0 aliphatic carbocycles. The number of carbonyl (C=O) groups excluding carboxylic acids is 1. The van der Waals surface area contributed by atoms with Crippen LogP contribution in [-0.4, -0.2) is 52.6 Å². The van der Waals surface area contributed by atoms with Crippen LogP contribution in [0.2, 0.25) is 0 Å². The molecule has 0 radical (unpaired) electrons. The molecule has 1 saturated heterocycles. The first-order chi connectivity index (χ1) is 15.8. The molecular weight excluding hydrogens is 445 g/mol. The van der Waals surface area contributed by atoms with Crippen LogP contribution in [0.4, 0.5) is 0 Å². The number of hydrogen-bond donors (Lipinski definition) is 1. The van der Waals surface area contributed by atoms with Crippen molar-refractivity contribution >= 4 is 56.9 Å². The Bertz CT molecular complexity index is 1450. The third-order valence-electron chi connectivity index (χ3n) is 6.62. The highest BCUT2D eigenvalue weighted by Gasteiger charge is 2.26. The summed E-state index contributed by atoms with van der Waals surface area (Å²) in [7, 11) is 0. The molecular formula is C27H30N3OPS.